The number of hydrazine groups is 1. The number of para-hydroxylation sites is 1. The number of hydrogen-bond donors (Lipinski definition) is 1. The molecule has 142 valence electrons. The smallest absolute Gasteiger partial charge is 0.282 e. The molecule has 7 heteroatoms. The molecule has 2 aromatic carbocycles. The fraction of sp³-hybridized carbons (Fsp3) is 0.190. The maximum atomic E-state index is 12.6. The molecule has 1 N–H and O–H groups in total. The van der Waals surface area contributed by atoms with E-state index in [1.165, 1.54) is 18.2 Å². The zero-order valence-corrected chi connectivity index (χ0v) is 15.3. The number of hydrogen-bond acceptors (Lipinski definition) is 5. The summed E-state index contributed by atoms with van der Waals surface area (Å²) in [5.74, 6) is 0.129. The number of nitrogens with zero attached hydrogens (tertiary/aromatic N) is 2. The Morgan fingerprint density at radius 1 is 1.14 bits per heavy atom. The van der Waals surface area contributed by atoms with Crippen molar-refractivity contribution < 1.29 is 19.1 Å². The topological polar surface area (TPSA) is 91.7 Å². The van der Waals surface area contributed by atoms with Crippen LogP contribution in [0.1, 0.15) is 18.4 Å². The summed E-state index contributed by atoms with van der Waals surface area (Å²) in [5.41, 5.74) is 3.82. The van der Waals surface area contributed by atoms with E-state index in [2.05, 4.69) is 11.5 Å². The first kappa shape index (κ1) is 19.0. The van der Waals surface area contributed by atoms with Gasteiger partial charge in [0.2, 0.25) is 0 Å². The summed E-state index contributed by atoms with van der Waals surface area (Å²) in [6.07, 6.45) is 2.56. The van der Waals surface area contributed by atoms with E-state index in [1.54, 1.807) is 42.5 Å². The number of carbonyl (C=O) groups excluding carboxylic acids is 2. The van der Waals surface area contributed by atoms with Crippen LogP contribution in [0.2, 0.25) is 0 Å². The third-order valence-corrected chi connectivity index (χ3v) is 4.10. The summed E-state index contributed by atoms with van der Waals surface area (Å²) < 4.78 is 11.0. The molecular formula is C21H19N3O4. The number of benzene rings is 2. The van der Waals surface area contributed by atoms with Crippen LogP contribution >= 0.6 is 0 Å². The van der Waals surface area contributed by atoms with Crippen LogP contribution in [-0.4, -0.2) is 25.5 Å². The highest BCUT2D eigenvalue weighted by molar-refractivity contribution is 6.31. The van der Waals surface area contributed by atoms with Crippen LogP contribution in [0.3, 0.4) is 0 Å². The minimum atomic E-state index is -0.468. The molecule has 1 heterocycles. The van der Waals surface area contributed by atoms with E-state index in [-0.39, 0.29) is 5.57 Å². The lowest BCUT2D eigenvalue weighted by molar-refractivity contribution is -0.117. The number of rotatable bonds is 7. The number of amides is 2. The second-order valence-electron chi connectivity index (χ2n) is 6.00. The number of anilines is 1. The van der Waals surface area contributed by atoms with Crippen molar-refractivity contribution in [2.75, 3.05) is 18.7 Å². The van der Waals surface area contributed by atoms with Gasteiger partial charge in [-0.05, 0) is 42.3 Å². The molecule has 7 nitrogen and oxygen atoms in total. The van der Waals surface area contributed by atoms with Crippen molar-refractivity contribution in [2.45, 2.75) is 12.8 Å². The Balaban J connectivity index is 1.80. The average Bonchev–Trinajstić information content (AvgIpc) is 3.00. The van der Waals surface area contributed by atoms with Gasteiger partial charge in [-0.25, -0.2) is 5.01 Å². The summed E-state index contributed by atoms with van der Waals surface area (Å²) in [5, 5.41) is 9.79. The second kappa shape index (κ2) is 8.73. The van der Waals surface area contributed by atoms with Crippen molar-refractivity contribution in [3.8, 4) is 17.6 Å². The molecule has 1 saturated heterocycles. The average molecular weight is 377 g/mol. The standard InChI is InChI=1S/C21H19N3O4/c1-27-19-14-15(9-10-18(19)28-12-6-5-11-22)13-17-20(25)23-24(21(17)26)16-7-3-2-4-8-16/h2-4,7-10,13-14H,5-6,12H2,1H3,(H,23,25). The zero-order chi connectivity index (χ0) is 19.9. The Morgan fingerprint density at radius 2 is 1.93 bits per heavy atom. The molecule has 1 aliphatic rings. The Morgan fingerprint density at radius 3 is 2.64 bits per heavy atom. The minimum Gasteiger partial charge on any atom is -0.493 e. The highest BCUT2D eigenvalue weighted by atomic mass is 16.5. The molecule has 0 atom stereocenters. The number of nitriles is 1. The fourth-order valence-corrected chi connectivity index (χ4v) is 2.71. The molecule has 0 unspecified atom stereocenters. The predicted octanol–water partition coefficient (Wildman–Crippen LogP) is 2.84. The quantitative estimate of drug-likeness (QED) is 0.455. The lowest BCUT2D eigenvalue weighted by atomic mass is 10.1. The Labute approximate surface area is 162 Å². The summed E-state index contributed by atoms with van der Waals surface area (Å²) in [7, 11) is 1.51. The number of unbranched alkanes of at least 4 members (excludes halogenated alkanes) is 1. The van der Waals surface area contributed by atoms with Gasteiger partial charge in [0.25, 0.3) is 11.8 Å². The molecule has 2 aromatic rings. The maximum Gasteiger partial charge on any atom is 0.282 e. The fourth-order valence-electron chi connectivity index (χ4n) is 2.71. The molecular weight excluding hydrogens is 358 g/mol. The molecule has 0 radical (unpaired) electrons. The number of carbonyl (C=O) groups is 2. The lowest BCUT2D eigenvalue weighted by Gasteiger charge is -2.14. The van der Waals surface area contributed by atoms with Gasteiger partial charge in [-0.1, -0.05) is 24.3 Å². The third kappa shape index (κ3) is 4.13. The van der Waals surface area contributed by atoms with Crippen LogP contribution in [0.25, 0.3) is 6.08 Å². The molecule has 2 amide bonds. The van der Waals surface area contributed by atoms with E-state index in [1.807, 2.05) is 6.07 Å². The summed E-state index contributed by atoms with van der Waals surface area (Å²) in [4.78, 5) is 24.9. The maximum absolute atomic E-state index is 12.6. The number of nitrogens with one attached hydrogen (secondary N) is 1. The van der Waals surface area contributed by atoms with Crippen molar-refractivity contribution in [2.24, 2.45) is 0 Å². The molecule has 1 aliphatic heterocycles. The molecule has 0 aliphatic carbocycles. The first-order valence-corrected chi connectivity index (χ1v) is 8.74. The van der Waals surface area contributed by atoms with Gasteiger partial charge in [-0.2, -0.15) is 5.26 Å². The first-order valence-electron chi connectivity index (χ1n) is 8.74. The van der Waals surface area contributed by atoms with Crippen molar-refractivity contribution in [3.63, 3.8) is 0 Å². The molecule has 0 spiro atoms. The number of methoxy groups -OCH3 is 1. The van der Waals surface area contributed by atoms with E-state index in [0.29, 0.717) is 42.2 Å². The second-order valence-corrected chi connectivity index (χ2v) is 6.00. The van der Waals surface area contributed by atoms with Gasteiger partial charge in [-0.15, -0.1) is 0 Å². The molecule has 28 heavy (non-hydrogen) atoms. The highest BCUT2D eigenvalue weighted by Crippen LogP contribution is 2.30. The van der Waals surface area contributed by atoms with Gasteiger partial charge in [0, 0.05) is 6.42 Å². The van der Waals surface area contributed by atoms with E-state index in [0.717, 1.165) is 0 Å². The SMILES string of the molecule is COc1cc(C=C2C(=O)NN(c3ccccc3)C2=O)ccc1OCCCC#N. The molecule has 0 bridgehead atoms. The van der Waals surface area contributed by atoms with Crippen molar-refractivity contribution >= 4 is 23.6 Å². The minimum absolute atomic E-state index is 0.0357. The normalized spacial score (nSPS) is 14.7. The van der Waals surface area contributed by atoms with Crippen LogP contribution in [0, 0.1) is 11.3 Å². The van der Waals surface area contributed by atoms with Crippen LogP contribution in [-0.2, 0) is 9.59 Å². The molecule has 0 saturated carbocycles. The highest BCUT2D eigenvalue weighted by Gasteiger charge is 2.34. The molecule has 0 aromatic heterocycles. The zero-order valence-electron chi connectivity index (χ0n) is 15.3. The van der Waals surface area contributed by atoms with Crippen molar-refractivity contribution in [3.05, 3.63) is 59.7 Å². The van der Waals surface area contributed by atoms with Gasteiger partial charge < -0.3 is 9.47 Å². The summed E-state index contributed by atoms with van der Waals surface area (Å²) >= 11 is 0. The molecule has 1 fully saturated rings. The molecule has 3 rings (SSSR count). The van der Waals surface area contributed by atoms with Gasteiger partial charge in [-0.3, -0.25) is 15.0 Å². The third-order valence-electron chi connectivity index (χ3n) is 4.10. The van der Waals surface area contributed by atoms with Gasteiger partial charge in [0.05, 0.1) is 25.5 Å². The van der Waals surface area contributed by atoms with Crippen LogP contribution in [0.5, 0.6) is 11.5 Å². The van der Waals surface area contributed by atoms with Crippen LogP contribution in [0.4, 0.5) is 5.69 Å². The largest absolute Gasteiger partial charge is 0.493 e. The van der Waals surface area contributed by atoms with Crippen LogP contribution in [0.15, 0.2) is 54.1 Å². The predicted molar refractivity (Wildman–Crippen MR) is 103 cm³/mol. The summed E-state index contributed by atoms with van der Waals surface area (Å²) in [6.45, 7) is 0.400. The number of ether oxygens (including phenoxy) is 2. The monoisotopic (exact) mass is 377 g/mol. The van der Waals surface area contributed by atoms with E-state index < -0.39 is 11.8 Å². The Kier molecular flexibility index (Phi) is 5.92. The first-order chi connectivity index (χ1) is 13.6. The van der Waals surface area contributed by atoms with Crippen molar-refractivity contribution in [1.82, 2.24) is 5.43 Å². The van der Waals surface area contributed by atoms with E-state index in [9.17, 15) is 9.59 Å². The lowest BCUT2D eigenvalue weighted by Crippen LogP contribution is -2.35. The van der Waals surface area contributed by atoms with E-state index >= 15 is 0 Å². The van der Waals surface area contributed by atoms with Crippen molar-refractivity contribution in [1.29, 1.82) is 5.26 Å². The Bertz CT molecular complexity index is 948. The van der Waals surface area contributed by atoms with E-state index in [4.69, 9.17) is 14.7 Å². The van der Waals surface area contributed by atoms with Crippen LogP contribution < -0.4 is 19.9 Å². The van der Waals surface area contributed by atoms with Gasteiger partial charge in [0.1, 0.15) is 5.57 Å². The van der Waals surface area contributed by atoms with Gasteiger partial charge in [0.15, 0.2) is 11.5 Å². The summed E-state index contributed by atoms with van der Waals surface area (Å²) in [6, 6.07) is 16.1. The Hall–Kier alpha value is -3.79. The van der Waals surface area contributed by atoms with Gasteiger partial charge >= 0.3 is 0 Å².